The van der Waals surface area contributed by atoms with Gasteiger partial charge in [0.05, 0.1) is 71.8 Å². The Morgan fingerprint density at radius 1 is 0.188 bits per heavy atom. The van der Waals surface area contributed by atoms with Crippen LogP contribution in [0, 0.1) is 0 Å². The van der Waals surface area contributed by atoms with Crippen molar-refractivity contribution in [2.75, 3.05) is 0 Å². The van der Waals surface area contributed by atoms with Gasteiger partial charge < -0.3 is 18.1 Å². The van der Waals surface area contributed by atoms with E-state index in [0.717, 1.165) is 156 Å². The smallest absolute Gasteiger partial charge is 0.161 e. The summed E-state index contributed by atoms with van der Waals surface area (Å²) in [5, 5.41) is 13.2. The molecule has 20 aromatic carbocycles. The van der Waals surface area contributed by atoms with Gasteiger partial charge in [-0.05, 0) is 149 Å². The second-order valence-corrected chi connectivity index (χ2v) is 38.3. The summed E-state index contributed by atoms with van der Waals surface area (Å²) >= 11 is 3.57. The Kier molecular flexibility index (Phi) is 21.1. The van der Waals surface area contributed by atoms with Crippen LogP contribution in [0.5, 0.6) is 0 Å². The molecular formula is C132H83N9OS2. The molecule has 12 heteroatoms. The highest BCUT2D eigenvalue weighted by atomic mass is 32.1. The standard InChI is InChI=1S/C46H29N3O.C46H29N3S.C40H25N3S/c1-3-14-30(15-4-1)40-29-41(31-16-5-2-6-17-31)48-46(47-40)33-19-13-18-32(26-33)38-27-34(28-39-37-22-9-12-25-44(37)50-45(38)39)49-42-23-10-7-20-35(42)36-21-8-11-24-43(36)49;1-4-14-30(15-5-1)32-26-27-39-38(29-32)42-36(23-13-24-40(42)49(39)35-20-8-3-9-21-35)33-18-12-19-34(28-33)46-47-43(31-16-6-2-7-17-31)45-44(48-46)37-22-10-11-25-41(37)50-45;1-3-13-26(14-4-1)34-25-35(27-15-5-2-6-16-27)42-40(41-34)33-24-28(23-32-31-19-9-12-22-38(31)44-39(32)33)43-36-20-10-7-17-29(36)30-18-8-11-21-37(30)43/h2*1-29H;1-25H. The first-order chi connectivity index (χ1) is 71.4. The maximum Gasteiger partial charge on any atom is 0.161 e. The van der Waals surface area contributed by atoms with Crippen molar-refractivity contribution in [3.63, 3.8) is 0 Å². The van der Waals surface area contributed by atoms with Crippen molar-refractivity contribution < 1.29 is 4.42 Å². The third kappa shape index (κ3) is 15.1. The molecule has 29 rings (SSSR count). The number of hydrogen-bond acceptors (Lipinski definition) is 9. The summed E-state index contributed by atoms with van der Waals surface area (Å²) in [7, 11) is 0. The van der Waals surface area contributed by atoms with Crippen LogP contribution in [-0.4, -0.2) is 43.6 Å². The topological polar surface area (TPSA) is 105 Å². The molecule has 0 bridgehead atoms. The summed E-state index contributed by atoms with van der Waals surface area (Å²) < 4.78 is 18.6. The lowest BCUT2D eigenvalue weighted by Gasteiger charge is -2.13. The Hall–Kier alpha value is -18.7. The first-order valence-electron chi connectivity index (χ1n) is 48.4. The van der Waals surface area contributed by atoms with Crippen molar-refractivity contribution in [2.45, 2.75) is 0 Å². The second-order valence-electron chi connectivity index (χ2n) is 36.2. The van der Waals surface area contributed by atoms with Crippen LogP contribution in [0.3, 0.4) is 0 Å². The van der Waals surface area contributed by atoms with Gasteiger partial charge >= 0.3 is 0 Å². The van der Waals surface area contributed by atoms with Crippen LogP contribution in [-0.2, 0) is 0 Å². The molecule has 0 saturated carbocycles. The van der Waals surface area contributed by atoms with E-state index in [1.165, 1.54) is 107 Å². The average Bonchev–Trinajstić information content (AvgIpc) is 1.58. The van der Waals surface area contributed by atoms with Gasteiger partial charge in [0, 0.05) is 140 Å². The molecule has 9 heterocycles. The van der Waals surface area contributed by atoms with Crippen LogP contribution >= 0.6 is 22.7 Å². The van der Waals surface area contributed by atoms with Crippen molar-refractivity contribution in [3.05, 3.63) is 504 Å². The average molecular weight is 1880 g/mol. The molecule has 0 radical (unpaired) electrons. The Balaban J connectivity index is 0.000000108. The van der Waals surface area contributed by atoms with Gasteiger partial charge in [0.2, 0.25) is 0 Å². The summed E-state index contributed by atoms with van der Waals surface area (Å²) in [6, 6.07) is 177. The maximum absolute atomic E-state index is 6.64. The number of aromatic nitrogens is 9. The molecule has 0 saturated heterocycles. The van der Waals surface area contributed by atoms with Crippen molar-refractivity contribution >= 4 is 151 Å². The molecule has 0 spiro atoms. The largest absolute Gasteiger partial charge is 0.455 e. The fraction of sp³-hybridized carbons (Fsp3) is 0. The van der Waals surface area contributed by atoms with Crippen LogP contribution in [0.4, 0.5) is 0 Å². The van der Waals surface area contributed by atoms with Gasteiger partial charge in [-0.3, -0.25) is 0 Å². The Morgan fingerprint density at radius 2 is 0.562 bits per heavy atom. The Bertz CT molecular complexity index is 9810. The summed E-state index contributed by atoms with van der Waals surface area (Å²) in [5.41, 5.74) is 32.7. The highest BCUT2D eigenvalue weighted by Crippen LogP contribution is 2.49. The predicted octanol–water partition coefficient (Wildman–Crippen LogP) is 35.7. The van der Waals surface area contributed by atoms with Crippen molar-refractivity contribution in [2.24, 2.45) is 0 Å². The van der Waals surface area contributed by atoms with Gasteiger partial charge in [0.25, 0.3) is 0 Å². The molecule has 0 amide bonds. The minimum absolute atomic E-state index is 0.673. The zero-order chi connectivity index (χ0) is 95.1. The molecule has 674 valence electrons. The van der Waals surface area contributed by atoms with Crippen LogP contribution in [0.15, 0.2) is 508 Å². The molecular weight excluding hydrogens is 1790 g/mol. The molecule has 0 aliphatic carbocycles. The lowest BCUT2D eigenvalue weighted by Crippen LogP contribution is -1.98. The summed E-state index contributed by atoms with van der Waals surface area (Å²) in [5.74, 6) is 2.13. The third-order valence-electron chi connectivity index (χ3n) is 27.6. The predicted molar refractivity (Wildman–Crippen MR) is 602 cm³/mol. The normalized spacial score (nSPS) is 11.6. The van der Waals surface area contributed by atoms with Crippen LogP contribution < -0.4 is 0 Å². The number of nitrogens with zero attached hydrogens (tertiary/aromatic N) is 9. The molecule has 0 aliphatic heterocycles. The first-order valence-corrected chi connectivity index (χ1v) is 50.1. The number of para-hydroxylation sites is 6. The number of rotatable bonds is 14. The third-order valence-corrected chi connectivity index (χ3v) is 30.0. The van der Waals surface area contributed by atoms with E-state index in [4.69, 9.17) is 34.3 Å². The molecule has 0 fully saturated rings. The lowest BCUT2D eigenvalue weighted by molar-refractivity contribution is 0.670. The summed E-state index contributed by atoms with van der Waals surface area (Å²) in [4.78, 5) is 31.3. The number of benzene rings is 20. The number of furan rings is 1. The van der Waals surface area contributed by atoms with E-state index < -0.39 is 0 Å². The molecule has 144 heavy (non-hydrogen) atoms. The zero-order valence-electron chi connectivity index (χ0n) is 77.7. The maximum atomic E-state index is 6.64. The fourth-order valence-electron chi connectivity index (χ4n) is 21.0. The van der Waals surface area contributed by atoms with Crippen LogP contribution in [0.1, 0.15) is 0 Å². The monoisotopic (exact) mass is 1870 g/mol. The number of fused-ring (bicyclic) bond motifs is 18. The molecule has 0 atom stereocenters. The number of hydrogen-bond donors (Lipinski definition) is 0. The molecule has 29 aromatic rings. The van der Waals surface area contributed by atoms with Crippen LogP contribution in [0.2, 0.25) is 0 Å². The van der Waals surface area contributed by atoms with Crippen LogP contribution in [0.25, 0.3) is 269 Å². The van der Waals surface area contributed by atoms with Gasteiger partial charge in [0.15, 0.2) is 17.5 Å². The quantitative estimate of drug-likeness (QED) is 0.107. The number of thiophene rings is 2. The van der Waals surface area contributed by atoms with E-state index in [2.05, 4.69) is 457 Å². The van der Waals surface area contributed by atoms with Crippen molar-refractivity contribution in [3.8, 4) is 141 Å². The van der Waals surface area contributed by atoms with Gasteiger partial charge in [0.1, 0.15) is 11.2 Å². The van der Waals surface area contributed by atoms with Gasteiger partial charge in [-0.15, -0.1) is 22.7 Å². The molecule has 10 nitrogen and oxygen atoms in total. The second kappa shape index (κ2) is 35.9. The molecule has 9 aromatic heterocycles. The van der Waals surface area contributed by atoms with E-state index in [1.807, 2.05) is 72.0 Å². The van der Waals surface area contributed by atoms with Crippen molar-refractivity contribution in [1.82, 2.24) is 43.6 Å². The van der Waals surface area contributed by atoms with Crippen molar-refractivity contribution in [1.29, 1.82) is 0 Å². The van der Waals surface area contributed by atoms with E-state index in [0.29, 0.717) is 5.82 Å². The first kappa shape index (κ1) is 84.6. The SMILES string of the molecule is c1ccc(-c2cc(-c3ccccc3)nc(-c3cc(-n4c5ccccc5c5ccccc54)cc4c3sc3ccccc34)n2)cc1.c1ccc(-c2cc(-c3ccccc3)nc(-c3cccc(-c4cc(-n5c6ccccc6c6ccccc65)cc5c4oc4ccccc45)c3)n2)cc1.c1ccc(-c2ccc3c(c2)c2c(-c4cccc(-c5nc(-c6ccccc6)c6sc7ccccc7c6n5)c4)cccc2n3-c2ccccc2)cc1. The fourth-order valence-corrected chi connectivity index (χ4v) is 23.3. The zero-order valence-corrected chi connectivity index (χ0v) is 79.3. The minimum Gasteiger partial charge on any atom is -0.455 e. The highest BCUT2D eigenvalue weighted by molar-refractivity contribution is 7.26. The lowest BCUT2D eigenvalue weighted by atomic mass is 9.96. The highest BCUT2D eigenvalue weighted by Gasteiger charge is 2.27. The van der Waals surface area contributed by atoms with Gasteiger partial charge in [-0.25, -0.2) is 29.9 Å². The Labute approximate surface area is 836 Å². The van der Waals surface area contributed by atoms with E-state index in [9.17, 15) is 0 Å². The molecule has 0 aliphatic rings. The molecule has 0 N–H and O–H groups in total. The minimum atomic E-state index is 0.673. The van der Waals surface area contributed by atoms with E-state index in [1.54, 1.807) is 11.3 Å². The Morgan fingerprint density at radius 3 is 1.10 bits per heavy atom. The summed E-state index contributed by atoms with van der Waals surface area (Å²) in [6.07, 6.45) is 0. The summed E-state index contributed by atoms with van der Waals surface area (Å²) in [6.45, 7) is 0. The molecule has 0 unspecified atom stereocenters. The van der Waals surface area contributed by atoms with E-state index >= 15 is 0 Å². The van der Waals surface area contributed by atoms with Gasteiger partial charge in [-0.2, -0.15) is 0 Å². The van der Waals surface area contributed by atoms with Gasteiger partial charge in [-0.1, -0.05) is 382 Å². The van der Waals surface area contributed by atoms with E-state index in [-0.39, 0.29) is 0 Å².